The molecule has 8 nitrogen and oxygen atoms in total. The summed E-state index contributed by atoms with van der Waals surface area (Å²) >= 11 is 1.44. The van der Waals surface area contributed by atoms with E-state index >= 15 is 0 Å². The summed E-state index contributed by atoms with van der Waals surface area (Å²) in [7, 11) is 1.32. The molecule has 0 atom stereocenters. The topological polar surface area (TPSA) is 94.2 Å². The normalized spacial score (nSPS) is 13.2. The van der Waals surface area contributed by atoms with Gasteiger partial charge in [0, 0.05) is 22.9 Å². The van der Waals surface area contributed by atoms with Crippen LogP contribution in [-0.2, 0) is 20.8 Å². The van der Waals surface area contributed by atoms with Gasteiger partial charge in [0.25, 0.3) is 0 Å². The Balaban J connectivity index is 1.62. The van der Waals surface area contributed by atoms with Gasteiger partial charge in [-0.1, -0.05) is 48.5 Å². The van der Waals surface area contributed by atoms with Crippen LogP contribution >= 0.6 is 11.3 Å². The fraction of sp³-hybridized carbons (Fsp3) is 0.233. The Bertz CT molecular complexity index is 1400. The minimum absolute atomic E-state index is 0.135. The molecule has 3 aromatic rings. The van der Waals surface area contributed by atoms with Gasteiger partial charge in [-0.2, -0.15) is 0 Å². The predicted octanol–water partition coefficient (Wildman–Crippen LogP) is 6.96. The lowest BCUT2D eigenvalue weighted by molar-refractivity contribution is 0.0598. The zero-order valence-corrected chi connectivity index (χ0v) is 23.0. The van der Waals surface area contributed by atoms with Gasteiger partial charge in [-0.05, 0) is 55.7 Å². The molecule has 0 fully saturated rings. The molecule has 202 valence electrons. The zero-order chi connectivity index (χ0) is 28.0. The molecule has 1 aliphatic rings. The first kappa shape index (κ1) is 27.7. The molecule has 0 unspecified atom stereocenters. The lowest BCUT2D eigenvalue weighted by Gasteiger charge is -2.28. The Kier molecular flexibility index (Phi) is 8.51. The molecule has 0 radical (unpaired) electrons. The number of nitrogens with zero attached hydrogens (tertiary/aromatic N) is 1. The van der Waals surface area contributed by atoms with E-state index in [0.29, 0.717) is 22.5 Å². The van der Waals surface area contributed by atoms with E-state index in [2.05, 4.69) is 5.32 Å². The number of hydrogen-bond acceptors (Lipinski definition) is 7. The van der Waals surface area contributed by atoms with Crippen molar-refractivity contribution in [1.29, 1.82) is 0 Å². The number of amides is 2. The second kappa shape index (κ2) is 12.0. The van der Waals surface area contributed by atoms with Crippen LogP contribution in [0.3, 0.4) is 0 Å². The van der Waals surface area contributed by atoms with Gasteiger partial charge in [0.15, 0.2) is 0 Å². The molecule has 1 aliphatic heterocycles. The van der Waals surface area contributed by atoms with E-state index in [0.717, 1.165) is 16.7 Å². The van der Waals surface area contributed by atoms with E-state index in [9.17, 15) is 14.4 Å². The first-order valence-electron chi connectivity index (χ1n) is 12.3. The highest BCUT2D eigenvalue weighted by Gasteiger charge is 2.26. The van der Waals surface area contributed by atoms with Crippen LogP contribution in [-0.4, -0.2) is 42.3 Å². The number of allylic oxidation sites excluding steroid dienone is 2. The van der Waals surface area contributed by atoms with Crippen LogP contribution in [0.25, 0.3) is 11.3 Å². The summed E-state index contributed by atoms with van der Waals surface area (Å²) in [5.74, 6) is -0.449. The van der Waals surface area contributed by atoms with Gasteiger partial charge in [0.1, 0.15) is 12.2 Å². The summed E-state index contributed by atoms with van der Waals surface area (Å²) in [4.78, 5) is 39.1. The van der Waals surface area contributed by atoms with Gasteiger partial charge in [0.2, 0.25) is 0 Å². The van der Waals surface area contributed by atoms with Crippen molar-refractivity contribution in [3.05, 3.63) is 99.8 Å². The first-order chi connectivity index (χ1) is 18.6. The van der Waals surface area contributed by atoms with Crippen LogP contribution in [0.15, 0.2) is 77.5 Å². The lowest BCUT2D eigenvalue weighted by atomic mass is 9.99. The molecule has 1 aromatic heterocycles. The zero-order valence-electron chi connectivity index (χ0n) is 22.2. The third kappa shape index (κ3) is 7.14. The van der Waals surface area contributed by atoms with Crippen molar-refractivity contribution < 1.29 is 28.6 Å². The van der Waals surface area contributed by atoms with Crippen molar-refractivity contribution in [3.8, 4) is 0 Å². The third-order valence-corrected chi connectivity index (χ3v) is 6.46. The smallest absolute Gasteiger partial charge is 0.414 e. The Morgan fingerprint density at radius 3 is 2.38 bits per heavy atom. The molecular formula is C30H30N2O6S. The minimum Gasteiger partial charge on any atom is -0.465 e. The summed E-state index contributed by atoms with van der Waals surface area (Å²) in [6, 6.07) is 16.3. The molecule has 39 heavy (non-hydrogen) atoms. The summed E-state index contributed by atoms with van der Waals surface area (Å²) < 4.78 is 15.8. The highest BCUT2D eigenvalue weighted by atomic mass is 32.1. The van der Waals surface area contributed by atoms with Crippen LogP contribution in [0.1, 0.15) is 47.8 Å². The van der Waals surface area contributed by atoms with Gasteiger partial charge in [-0.15, -0.1) is 11.3 Å². The molecule has 0 bridgehead atoms. The van der Waals surface area contributed by atoms with E-state index in [-0.39, 0.29) is 13.2 Å². The molecule has 0 spiro atoms. The van der Waals surface area contributed by atoms with E-state index in [1.165, 1.54) is 23.3 Å². The van der Waals surface area contributed by atoms with E-state index in [1.54, 1.807) is 45.0 Å². The number of nitrogens with one attached hydrogen (secondary N) is 1. The Morgan fingerprint density at radius 1 is 1.00 bits per heavy atom. The molecule has 1 N–H and O–H groups in total. The number of methoxy groups -OCH3 is 1. The average Bonchev–Trinajstić information content (AvgIpc) is 3.38. The molecule has 0 saturated carbocycles. The summed E-state index contributed by atoms with van der Waals surface area (Å²) in [6.07, 6.45) is 2.71. The monoisotopic (exact) mass is 546 g/mol. The van der Waals surface area contributed by atoms with Gasteiger partial charge >= 0.3 is 18.2 Å². The van der Waals surface area contributed by atoms with Crippen LogP contribution in [0.4, 0.5) is 15.3 Å². The molecule has 2 amide bonds. The highest BCUT2D eigenvalue weighted by molar-refractivity contribution is 7.08. The fourth-order valence-electron chi connectivity index (χ4n) is 3.90. The number of thiophene rings is 1. The molecule has 9 heteroatoms. The first-order valence-corrected chi connectivity index (χ1v) is 13.2. The number of carbonyl (C=O) groups excluding carboxylic acids is 3. The minimum atomic E-state index is -0.631. The van der Waals surface area contributed by atoms with Gasteiger partial charge in [-0.3, -0.25) is 10.2 Å². The second-order valence-corrected chi connectivity index (χ2v) is 10.5. The number of carbonyl (C=O) groups is 3. The van der Waals surface area contributed by atoms with Gasteiger partial charge in [0.05, 0.1) is 24.1 Å². The summed E-state index contributed by atoms with van der Waals surface area (Å²) in [5.41, 5.74) is 4.18. The predicted molar refractivity (Wildman–Crippen MR) is 151 cm³/mol. The third-order valence-electron chi connectivity index (χ3n) is 5.71. The molecule has 0 saturated heterocycles. The van der Waals surface area contributed by atoms with Crippen LogP contribution in [0.5, 0.6) is 0 Å². The van der Waals surface area contributed by atoms with Gasteiger partial charge < -0.3 is 14.2 Å². The maximum absolute atomic E-state index is 13.2. The molecule has 0 aliphatic carbocycles. The van der Waals surface area contributed by atoms with Crippen LogP contribution in [0.2, 0.25) is 0 Å². The number of esters is 1. The van der Waals surface area contributed by atoms with Crippen molar-refractivity contribution in [2.24, 2.45) is 0 Å². The van der Waals surface area contributed by atoms with E-state index in [1.807, 2.05) is 53.2 Å². The summed E-state index contributed by atoms with van der Waals surface area (Å²) in [5, 5.41) is 6.58. The maximum Gasteiger partial charge on any atom is 0.414 e. The number of benzene rings is 2. The average molecular weight is 547 g/mol. The van der Waals surface area contributed by atoms with Crippen molar-refractivity contribution in [3.63, 3.8) is 0 Å². The van der Waals surface area contributed by atoms with E-state index < -0.39 is 23.8 Å². The second-order valence-electron chi connectivity index (χ2n) is 9.73. The van der Waals surface area contributed by atoms with Crippen LogP contribution < -0.4 is 5.32 Å². The number of anilines is 1. The molecular weight excluding hydrogens is 516 g/mol. The van der Waals surface area contributed by atoms with Crippen molar-refractivity contribution in [2.45, 2.75) is 33.0 Å². The SMILES string of the molecule is COC(=O)c1ccc(C2=CC(c3cscc3NC(=O)OC(C)(C)C)=CCN2C(=O)OCc2ccccc2)cc1. The van der Waals surface area contributed by atoms with E-state index in [4.69, 9.17) is 14.2 Å². The van der Waals surface area contributed by atoms with Crippen molar-refractivity contribution in [2.75, 3.05) is 19.0 Å². The largest absolute Gasteiger partial charge is 0.465 e. The fourth-order valence-corrected chi connectivity index (χ4v) is 4.68. The maximum atomic E-state index is 13.2. The van der Waals surface area contributed by atoms with Crippen molar-refractivity contribution in [1.82, 2.24) is 4.90 Å². The number of rotatable bonds is 6. The van der Waals surface area contributed by atoms with Crippen LogP contribution in [0, 0.1) is 0 Å². The summed E-state index contributed by atoms with van der Waals surface area (Å²) in [6.45, 7) is 5.79. The molecule has 2 heterocycles. The standard InChI is InChI=1S/C30H30N2O6S/c1-30(2,3)38-28(34)31-25-19-39-18-24(25)23-14-15-32(29(35)37-17-20-8-6-5-7-9-20)26(16-23)21-10-12-22(13-11-21)27(33)36-4/h5-14,16,18-19H,15,17H2,1-4H3,(H,31,34). The molecule has 2 aromatic carbocycles. The quantitative estimate of drug-likeness (QED) is 0.265. The Labute approximate surface area is 231 Å². The van der Waals surface area contributed by atoms with Gasteiger partial charge in [-0.25, -0.2) is 14.4 Å². The lowest BCUT2D eigenvalue weighted by Crippen LogP contribution is -2.32. The van der Waals surface area contributed by atoms with Crippen molar-refractivity contribution >= 4 is 46.5 Å². The Hall–Kier alpha value is -4.37. The number of hydrogen-bond donors (Lipinski definition) is 1. The number of ether oxygens (including phenoxy) is 3. The molecule has 4 rings (SSSR count). The highest BCUT2D eigenvalue weighted by Crippen LogP contribution is 2.35. The Morgan fingerprint density at radius 2 is 1.72 bits per heavy atom.